The number of benzene rings is 3. The summed E-state index contributed by atoms with van der Waals surface area (Å²) in [7, 11) is -3.90. The van der Waals surface area contributed by atoms with Gasteiger partial charge in [0.25, 0.3) is 10.0 Å². The molecular formula is C27H31N3O3S. The van der Waals surface area contributed by atoms with E-state index in [0.29, 0.717) is 12.2 Å². The minimum absolute atomic E-state index is 0.163. The van der Waals surface area contributed by atoms with Crippen molar-refractivity contribution in [1.29, 1.82) is 0 Å². The van der Waals surface area contributed by atoms with E-state index in [1.54, 1.807) is 30.3 Å². The zero-order valence-corrected chi connectivity index (χ0v) is 20.5. The van der Waals surface area contributed by atoms with Crippen molar-refractivity contribution >= 4 is 27.3 Å². The number of anilines is 2. The molecule has 0 aliphatic carbocycles. The normalized spacial score (nSPS) is 12.9. The van der Waals surface area contributed by atoms with Gasteiger partial charge in [-0.15, -0.1) is 0 Å². The molecule has 0 bridgehead atoms. The van der Waals surface area contributed by atoms with Crippen molar-refractivity contribution in [3.05, 3.63) is 89.5 Å². The van der Waals surface area contributed by atoms with Crippen LogP contribution in [0.25, 0.3) is 0 Å². The van der Waals surface area contributed by atoms with Crippen LogP contribution in [0.5, 0.6) is 0 Å². The van der Waals surface area contributed by atoms with Gasteiger partial charge in [0.05, 0.1) is 10.6 Å². The van der Waals surface area contributed by atoms with Gasteiger partial charge in [-0.3, -0.25) is 9.10 Å². The Hall–Kier alpha value is -3.32. The number of carbonyl (C=O) groups excluding carboxylic acids is 1. The molecule has 3 aromatic carbocycles. The fourth-order valence-corrected chi connectivity index (χ4v) is 5.83. The van der Waals surface area contributed by atoms with E-state index in [0.717, 1.165) is 37.1 Å². The topological polar surface area (TPSA) is 69.7 Å². The van der Waals surface area contributed by atoms with E-state index in [1.165, 1.54) is 15.6 Å². The first-order valence-electron chi connectivity index (χ1n) is 11.6. The molecule has 1 N–H and O–H groups in total. The molecule has 0 fully saturated rings. The van der Waals surface area contributed by atoms with Gasteiger partial charge in [-0.05, 0) is 67.6 Å². The fraction of sp³-hybridized carbons (Fsp3) is 0.296. The highest BCUT2D eigenvalue weighted by Gasteiger charge is 2.28. The third-order valence-electron chi connectivity index (χ3n) is 6.16. The van der Waals surface area contributed by atoms with Gasteiger partial charge in [0.1, 0.15) is 6.54 Å². The number of sulfonamides is 1. The summed E-state index contributed by atoms with van der Waals surface area (Å²) in [6.45, 7) is 5.82. The molecule has 1 aliphatic heterocycles. The van der Waals surface area contributed by atoms with Crippen molar-refractivity contribution < 1.29 is 13.2 Å². The summed E-state index contributed by atoms with van der Waals surface area (Å²) in [4.78, 5) is 15.4. The average molecular weight is 478 g/mol. The first-order valence-corrected chi connectivity index (χ1v) is 13.0. The van der Waals surface area contributed by atoms with Crippen molar-refractivity contribution in [3.8, 4) is 0 Å². The van der Waals surface area contributed by atoms with Crippen LogP contribution in [0.15, 0.2) is 77.7 Å². The smallest absolute Gasteiger partial charge is 0.264 e. The molecule has 1 heterocycles. The summed E-state index contributed by atoms with van der Waals surface area (Å²) in [5.41, 5.74) is 4.88. The van der Waals surface area contributed by atoms with Gasteiger partial charge in [0.15, 0.2) is 0 Å². The lowest BCUT2D eigenvalue weighted by Gasteiger charge is -2.26. The van der Waals surface area contributed by atoms with Crippen molar-refractivity contribution in [2.24, 2.45) is 0 Å². The van der Waals surface area contributed by atoms with Crippen LogP contribution in [-0.2, 0) is 21.2 Å². The summed E-state index contributed by atoms with van der Waals surface area (Å²) < 4.78 is 28.2. The fourth-order valence-electron chi connectivity index (χ4n) is 4.33. The number of fused-ring (bicyclic) bond motifs is 1. The average Bonchev–Trinajstić information content (AvgIpc) is 3.25. The molecule has 0 saturated heterocycles. The Balaban J connectivity index is 1.43. The van der Waals surface area contributed by atoms with E-state index in [1.807, 2.05) is 38.1 Å². The van der Waals surface area contributed by atoms with Crippen molar-refractivity contribution in [2.75, 3.05) is 35.4 Å². The number of hydrogen-bond donors (Lipinski definition) is 1. The number of nitrogens with one attached hydrogen (secondary N) is 1. The van der Waals surface area contributed by atoms with Crippen LogP contribution in [0.4, 0.5) is 11.4 Å². The van der Waals surface area contributed by atoms with Gasteiger partial charge in [0.2, 0.25) is 5.91 Å². The Morgan fingerprint density at radius 3 is 2.53 bits per heavy atom. The van der Waals surface area contributed by atoms with Gasteiger partial charge in [-0.25, -0.2) is 8.42 Å². The van der Waals surface area contributed by atoms with Gasteiger partial charge < -0.3 is 10.2 Å². The summed E-state index contributed by atoms with van der Waals surface area (Å²) in [5.74, 6) is -0.317. The number of carbonyl (C=O) groups is 1. The SMILES string of the molecule is Cc1ccc(C)c(N(CC(=O)NCCCN2CCc3ccccc32)S(=O)(=O)c2ccccc2)c1. The second-order valence-corrected chi connectivity index (χ2v) is 10.5. The minimum Gasteiger partial charge on any atom is -0.371 e. The standard InChI is InChI=1S/C27H31N3O3S/c1-21-13-14-22(2)26(19-21)30(34(32,33)24-10-4-3-5-11-24)20-27(31)28-16-8-17-29-18-15-23-9-6-7-12-25(23)29/h3-7,9-14,19H,8,15-18,20H2,1-2H3,(H,28,31). The highest BCUT2D eigenvalue weighted by molar-refractivity contribution is 7.92. The quantitative estimate of drug-likeness (QED) is 0.472. The molecule has 6 nitrogen and oxygen atoms in total. The van der Waals surface area contributed by atoms with Crippen LogP contribution in [0.1, 0.15) is 23.1 Å². The Morgan fingerprint density at radius 1 is 1.00 bits per heavy atom. The lowest BCUT2D eigenvalue weighted by Crippen LogP contribution is -2.41. The van der Waals surface area contributed by atoms with Crippen molar-refractivity contribution in [2.45, 2.75) is 31.6 Å². The number of rotatable bonds is 9. The molecule has 0 atom stereocenters. The lowest BCUT2D eigenvalue weighted by molar-refractivity contribution is -0.119. The van der Waals surface area contributed by atoms with E-state index in [4.69, 9.17) is 0 Å². The first-order chi connectivity index (χ1) is 16.4. The van der Waals surface area contributed by atoms with Gasteiger partial charge in [-0.2, -0.15) is 0 Å². The molecule has 1 amide bonds. The van der Waals surface area contributed by atoms with Crippen LogP contribution in [0, 0.1) is 13.8 Å². The van der Waals surface area contributed by atoms with E-state index in [9.17, 15) is 13.2 Å². The van der Waals surface area contributed by atoms with Crippen LogP contribution in [0.2, 0.25) is 0 Å². The number of aryl methyl sites for hydroxylation is 2. The number of nitrogens with zero attached hydrogens (tertiary/aromatic N) is 2. The molecule has 4 rings (SSSR count). The molecule has 0 spiro atoms. The first kappa shape index (κ1) is 23.8. The Morgan fingerprint density at radius 2 is 1.74 bits per heavy atom. The van der Waals surface area contributed by atoms with Gasteiger partial charge in [0, 0.05) is 25.3 Å². The highest BCUT2D eigenvalue weighted by Crippen LogP contribution is 2.28. The molecule has 0 unspecified atom stereocenters. The third kappa shape index (κ3) is 5.25. The predicted octanol–water partition coefficient (Wildman–Crippen LogP) is 4.07. The maximum absolute atomic E-state index is 13.5. The second kappa shape index (κ2) is 10.3. The summed E-state index contributed by atoms with van der Waals surface area (Å²) in [6.07, 6.45) is 1.83. The van der Waals surface area contributed by atoms with Crippen LogP contribution < -0.4 is 14.5 Å². The second-order valence-electron chi connectivity index (χ2n) is 8.68. The molecule has 7 heteroatoms. The third-order valence-corrected chi connectivity index (χ3v) is 7.94. The van der Waals surface area contributed by atoms with Crippen LogP contribution in [-0.4, -0.2) is 40.5 Å². The van der Waals surface area contributed by atoms with Gasteiger partial charge >= 0.3 is 0 Å². The van der Waals surface area contributed by atoms with Crippen LogP contribution >= 0.6 is 0 Å². The Kier molecular flexibility index (Phi) is 7.22. The van der Waals surface area contributed by atoms with Crippen molar-refractivity contribution in [1.82, 2.24) is 5.32 Å². The molecule has 0 saturated carbocycles. The summed E-state index contributed by atoms with van der Waals surface area (Å²) in [6, 6.07) is 22.3. The molecule has 0 radical (unpaired) electrons. The largest absolute Gasteiger partial charge is 0.371 e. The Labute approximate surface area is 202 Å². The molecular weight excluding hydrogens is 446 g/mol. The van der Waals surface area contributed by atoms with E-state index >= 15 is 0 Å². The van der Waals surface area contributed by atoms with Crippen molar-refractivity contribution in [3.63, 3.8) is 0 Å². The molecule has 1 aliphatic rings. The minimum atomic E-state index is -3.90. The van der Waals surface area contributed by atoms with Gasteiger partial charge in [-0.1, -0.05) is 48.5 Å². The van der Waals surface area contributed by atoms with E-state index in [2.05, 4.69) is 28.4 Å². The monoisotopic (exact) mass is 477 g/mol. The highest BCUT2D eigenvalue weighted by atomic mass is 32.2. The predicted molar refractivity (Wildman–Crippen MR) is 137 cm³/mol. The molecule has 3 aromatic rings. The molecule has 0 aromatic heterocycles. The summed E-state index contributed by atoms with van der Waals surface area (Å²) in [5, 5.41) is 2.92. The number of para-hydroxylation sites is 1. The zero-order valence-electron chi connectivity index (χ0n) is 19.7. The zero-order chi connectivity index (χ0) is 24.1. The van der Waals surface area contributed by atoms with Crippen LogP contribution in [0.3, 0.4) is 0 Å². The van der Waals surface area contributed by atoms with E-state index in [-0.39, 0.29) is 17.3 Å². The maximum Gasteiger partial charge on any atom is 0.264 e. The lowest BCUT2D eigenvalue weighted by atomic mass is 10.1. The molecule has 178 valence electrons. The number of amides is 1. The molecule has 34 heavy (non-hydrogen) atoms. The number of hydrogen-bond acceptors (Lipinski definition) is 4. The summed E-state index contributed by atoms with van der Waals surface area (Å²) >= 11 is 0. The Bertz CT molecular complexity index is 1260. The maximum atomic E-state index is 13.5. The van der Waals surface area contributed by atoms with E-state index < -0.39 is 10.0 Å².